The molecule has 3 aromatic rings. The molecule has 1 aliphatic rings. The van der Waals surface area contributed by atoms with Crippen molar-refractivity contribution in [1.29, 1.82) is 0 Å². The number of aryl methyl sites for hydroxylation is 1. The summed E-state index contributed by atoms with van der Waals surface area (Å²) in [6, 6.07) is 5.71. The lowest BCUT2D eigenvalue weighted by atomic mass is 9.96. The number of methoxy groups -OCH3 is 1. The number of anilines is 1. The predicted octanol–water partition coefficient (Wildman–Crippen LogP) is 1.93. The molecule has 0 aromatic carbocycles. The molecule has 3 aromatic heterocycles. The summed E-state index contributed by atoms with van der Waals surface area (Å²) in [4.78, 5) is 27.9. The summed E-state index contributed by atoms with van der Waals surface area (Å²) in [5, 5.41) is 0. The van der Waals surface area contributed by atoms with E-state index in [1.807, 2.05) is 29.7 Å². The van der Waals surface area contributed by atoms with Gasteiger partial charge >= 0.3 is 5.69 Å². The Balaban J connectivity index is 1.49. The largest absolute Gasteiger partial charge is 0.481 e. The van der Waals surface area contributed by atoms with E-state index in [0.717, 1.165) is 42.9 Å². The first kappa shape index (κ1) is 17.5. The van der Waals surface area contributed by atoms with Crippen LogP contribution in [0.2, 0.25) is 0 Å². The molecule has 1 fully saturated rings. The molecule has 1 aliphatic heterocycles. The third-order valence-corrected chi connectivity index (χ3v) is 5.31. The highest BCUT2D eigenvalue weighted by Crippen LogP contribution is 2.25. The summed E-state index contributed by atoms with van der Waals surface area (Å²) >= 11 is 0. The number of nitrogens with zero attached hydrogens (tertiary/aromatic N) is 6. The normalized spacial score (nSPS) is 15.4. The lowest BCUT2D eigenvalue weighted by Crippen LogP contribution is -2.37. The first-order chi connectivity index (χ1) is 13.2. The van der Waals surface area contributed by atoms with Gasteiger partial charge in [-0.15, -0.1) is 0 Å². The maximum atomic E-state index is 12.8. The Bertz CT molecular complexity index is 987. The molecule has 0 saturated carbocycles. The Hall–Kier alpha value is -2.90. The molecule has 4 heterocycles. The minimum atomic E-state index is 0.0363. The number of hydrogen-bond acceptors (Lipinski definition) is 6. The van der Waals surface area contributed by atoms with Crippen LogP contribution in [0, 0.1) is 5.92 Å². The van der Waals surface area contributed by atoms with E-state index in [4.69, 9.17) is 4.74 Å². The number of rotatable bonds is 5. The molecule has 8 heteroatoms. The van der Waals surface area contributed by atoms with E-state index in [1.165, 1.54) is 6.33 Å². The van der Waals surface area contributed by atoms with E-state index >= 15 is 0 Å². The second kappa shape index (κ2) is 7.38. The van der Waals surface area contributed by atoms with Gasteiger partial charge in [-0.05, 0) is 37.8 Å². The summed E-state index contributed by atoms with van der Waals surface area (Å²) in [5.41, 5.74) is 1.73. The lowest BCUT2D eigenvalue weighted by Gasteiger charge is -2.32. The minimum absolute atomic E-state index is 0.0363. The van der Waals surface area contributed by atoms with Crippen LogP contribution in [-0.4, -0.2) is 44.3 Å². The third kappa shape index (κ3) is 3.27. The Kier molecular flexibility index (Phi) is 4.79. The third-order valence-electron chi connectivity index (χ3n) is 5.31. The van der Waals surface area contributed by atoms with Gasteiger partial charge in [0.2, 0.25) is 5.88 Å². The SMILES string of the molecule is CCn1c(=O)n(CC2CCN(c3cc(OC)ncn3)CC2)c2ncccc21. The van der Waals surface area contributed by atoms with E-state index in [1.54, 1.807) is 17.9 Å². The van der Waals surface area contributed by atoms with E-state index in [-0.39, 0.29) is 5.69 Å². The summed E-state index contributed by atoms with van der Waals surface area (Å²) in [6.45, 7) is 5.16. The van der Waals surface area contributed by atoms with Crippen LogP contribution in [0.25, 0.3) is 11.2 Å². The Morgan fingerprint density at radius 3 is 2.74 bits per heavy atom. The predicted molar refractivity (Wildman–Crippen MR) is 103 cm³/mol. The number of fused-ring (bicyclic) bond motifs is 1. The van der Waals surface area contributed by atoms with E-state index < -0.39 is 0 Å². The number of ether oxygens (including phenoxy) is 1. The molecule has 0 unspecified atom stereocenters. The summed E-state index contributed by atoms with van der Waals surface area (Å²) < 4.78 is 8.82. The Labute approximate surface area is 157 Å². The van der Waals surface area contributed by atoms with Crippen LogP contribution >= 0.6 is 0 Å². The lowest BCUT2D eigenvalue weighted by molar-refractivity contribution is 0.352. The molecule has 0 aliphatic carbocycles. The molecule has 4 rings (SSSR count). The van der Waals surface area contributed by atoms with Crippen LogP contribution < -0.4 is 15.3 Å². The summed E-state index contributed by atoms with van der Waals surface area (Å²) in [7, 11) is 1.61. The van der Waals surface area contributed by atoms with Crippen molar-refractivity contribution in [2.24, 2.45) is 5.92 Å². The zero-order valence-corrected chi connectivity index (χ0v) is 15.7. The molecule has 0 radical (unpaired) electrons. The molecule has 0 N–H and O–H groups in total. The molecular weight excluding hydrogens is 344 g/mol. The van der Waals surface area contributed by atoms with Crippen LogP contribution in [0.15, 0.2) is 35.5 Å². The van der Waals surface area contributed by atoms with Gasteiger partial charge in [0, 0.05) is 38.4 Å². The summed E-state index contributed by atoms with van der Waals surface area (Å²) in [5.74, 6) is 1.91. The Morgan fingerprint density at radius 1 is 1.19 bits per heavy atom. The topological polar surface area (TPSA) is 78.1 Å². The minimum Gasteiger partial charge on any atom is -0.481 e. The highest BCUT2D eigenvalue weighted by molar-refractivity contribution is 5.71. The van der Waals surface area contributed by atoms with Crippen LogP contribution in [-0.2, 0) is 13.1 Å². The van der Waals surface area contributed by atoms with Gasteiger partial charge in [-0.25, -0.2) is 19.7 Å². The molecule has 0 bridgehead atoms. The van der Waals surface area contributed by atoms with Crippen LogP contribution in [0.1, 0.15) is 19.8 Å². The quantitative estimate of drug-likeness (QED) is 0.685. The Morgan fingerprint density at radius 2 is 2.00 bits per heavy atom. The molecule has 142 valence electrons. The highest BCUT2D eigenvalue weighted by Gasteiger charge is 2.23. The van der Waals surface area contributed by atoms with E-state index in [9.17, 15) is 4.79 Å². The number of aromatic nitrogens is 5. The standard InChI is InChI=1S/C19H24N6O2/c1-3-24-15-5-4-8-20-18(15)25(19(24)26)12-14-6-9-23(10-7-14)16-11-17(27-2)22-13-21-16/h4-5,8,11,13-14H,3,6-7,9-10,12H2,1-2H3. The second-order valence-corrected chi connectivity index (χ2v) is 6.83. The van der Waals surface area contributed by atoms with Gasteiger partial charge in [-0.3, -0.25) is 9.13 Å². The van der Waals surface area contributed by atoms with Gasteiger partial charge in [0.05, 0.1) is 12.6 Å². The van der Waals surface area contributed by atoms with Crippen molar-refractivity contribution in [2.45, 2.75) is 32.9 Å². The van der Waals surface area contributed by atoms with Gasteiger partial charge in [0.1, 0.15) is 12.1 Å². The fourth-order valence-corrected chi connectivity index (χ4v) is 3.83. The maximum Gasteiger partial charge on any atom is 0.330 e. The van der Waals surface area contributed by atoms with Gasteiger partial charge in [-0.1, -0.05) is 0 Å². The van der Waals surface area contributed by atoms with Crippen molar-refractivity contribution in [1.82, 2.24) is 24.1 Å². The molecular formula is C19H24N6O2. The monoisotopic (exact) mass is 368 g/mol. The van der Waals surface area contributed by atoms with Gasteiger partial charge < -0.3 is 9.64 Å². The number of imidazole rings is 1. The molecule has 27 heavy (non-hydrogen) atoms. The smallest absolute Gasteiger partial charge is 0.330 e. The first-order valence-corrected chi connectivity index (χ1v) is 9.36. The second-order valence-electron chi connectivity index (χ2n) is 6.83. The molecule has 8 nitrogen and oxygen atoms in total. The van der Waals surface area contributed by atoms with Gasteiger partial charge in [0.15, 0.2) is 5.65 Å². The van der Waals surface area contributed by atoms with Crippen molar-refractivity contribution in [2.75, 3.05) is 25.1 Å². The molecule has 0 atom stereocenters. The fourth-order valence-electron chi connectivity index (χ4n) is 3.83. The number of hydrogen-bond donors (Lipinski definition) is 0. The van der Waals surface area contributed by atoms with E-state index in [2.05, 4.69) is 19.9 Å². The molecule has 1 saturated heterocycles. The maximum absolute atomic E-state index is 12.8. The van der Waals surface area contributed by atoms with Crippen molar-refractivity contribution in [3.63, 3.8) is 0 Å². The molecule has 0 amide bonds. The zero-order chi connectivity index (χ0) is 18.8. The number of pyridine rings is 1. The van der Waals surface area contributed by atoms with Gasteiger partial charge in [-0.2, -0.15) is 0 Å². The van der Waals surface area contributed by atoms with Crippen molar-refractivity contribution in [3.05, 3.63) is 41.2 Å². The van der Waals surface area contributed by atoms with Crippen molar-refractivity contribution >= 4 is 17.0 Å². The average Bonchev–Trinajstić information content (AvgIpc) is 2.99. The van der Waals surface area contributed by atoms with Crippen LogP contribution in [0.5, 0.6) is 5.88 Å². The van der Waals surface area contributed by atoms with Crippen LogP contribution in [0.4, 0.5) is 5.82 Å². The molecule has 0 spiro atoms. The van der Waals surface area contributed by atoms with Crippen molar-refractivity contribution in [3.8, 4) is 5.88 Å². The highest BCUT2D eigenvalue weighted by atomic mass is 16.5. The van der Waals surface area contributed by atoms with Crippen LogP contribution in [0.3, 0.4) is 0 Å². The van der Waals surface area contributed by atoms with Crippen molar-refractivity contribution < 1.29 is 4.74 Å². The number of piperidine rings is 1. The summed E-state index contributed by atoms with van der Waals surface area (Å²) in [6.07, 6.45) is 5.29. The zero-order valence-electron chi connectivity index (χ0n) is 15.7. The fraction of sp³-hybridized carbons (Fsp3) is 0.474. The van der Waals surface area contributed by atoms with E-state index in [0.29, 0.717) is 24.9 Å². The first-order valence-electron chi connectivity index (χ1n) is 9.36. The average molecular weight is 368 g/mol. The van der Waals surface area contributed by atoms with Gasteiger partial charge in [0.25, 0.3) is 0 Å².